The highest BCUT2D eigenvalue weighted by Gasteiger charge is 2.37. The molecule has 0 spiro atoms. The van der Waals surface area contributed by atoms with Gasteiger partial charge in [0.05, 0.1) is 23.8 Å². The van der Waals surface area contributed by atoms with Crippen molar-refractivity contribution in [2.24, 2.45) is 12.5 Å². The van der Waals surface area contributed by atoms with E-state index in [1.54, 1.807) is 4.68 Å². The maximum atomic E-state index is 9.27. The van der Waals surface area contributed by atoms with Gasteiger partial charge in [0.15, 0.2) is 0 Å². The second kappa shape index (κ2) is 4.08. The fraction of sp³-hybridized carbons (Fsp3) is 0.636. The Bertz CT molecular complexity index is 441. The minimum Gasteiger partial charge on any atom is -0.380 e. The monoisotopic (exact) mass is 239 g/mol. The molecule has 1 aliphatic rings. The molecular weight excluding hydrogens is 226 g/mol. The van der Waals surface area contributed by atoms with E-state index in [-0.39, 0.29) is 0 Å². The number of hydrogen-bond donors (Lipinski definition) is 0. The Morgan fingerprint density at radius 2 is 2.44 bits per heavy atom. The largest absolute Gasteiger partial charge is 0.380 e. The van der Waals surface area contributed by atoms with Crippen molar-refractivity contribution in [2.45, 2.75) is 19.8 Å². The van der Waals surface area contributed by atoms with Gasteiger partial charge < -0.3 is 4.74 Å². The molecule has 0 bridgehead atoms. The van der Waals surface area contributed by atoms with Gasteiger partial charge in [0, 0.05) is 19.2 Å². The van der Waals surface area contributed by atoms with Gasteiger partial charge >= 0.3 is 0 Å². The fourth-order valence-corrected chi connectivity index (χ4v) is 2.33. The minimum absolute atomic E-state index is 0.419. The van der Waals surface area contributed by atoms with Crippen molar-refractivity contribution < 1.29 is 4.74 Å². The first kappa shape index (κ1) is 11.4. The first-order valence-electron chi connectivity index (χ1n) is 5.25. The number of nitriles is 1. The van der Waals surface area contributed by atoms with Crippen molar-refractivity contribution in [3.05, 3.63) is 16.4 Å². The first-order valence-corrected chi connectivity index (χ1v) is 5.63. The number of aromatic nitrogens is 2. The molecule has 0 amide bonds. The van der Waals surface area contributed by atoms with Crippen LogP contribution in [0.25, 0.3) is 0 Å². The van der Waals surface area contributed by atoms with Crippen molar-refractivity contribution >= 4 is 11.6 Å². The van der Waals surface area contributed by atoms with E-state index in [0.29, 0.717) is 24.8 Å². The number of rotatable bonds is 2. The molecule has 0 aromatic carbocycles. The van der Waals surface area contributed by atoms with Gasteiger partial charge in [-0.25, -0.2) is 0 Å². The Balaban J connectivity index is 2.30. The summed E-state index contributed by atoms with van der Waals surface area (Å²) in [6.45, 7) is 3.07. The Hall–Kier alpha value is -1.05. The molecule has 0 radical (unpaired) electrons. The third kappa shape index (κ3) is 1.81. The third-order valence-electron chi connectivity index (χ3n) is 3.13. The van der Waals surface area contributed by atoms with Crippen LogP contribution in [0.2, 0.25) is 5.15 Å². The fourth-order valence-electron chi connectivity index (χ4n) is 2.09. The van der Waals surface area contributed by atoms with Gasteiger partial charge in [-0.15, -0.1) is 0 Å². The third-order valence-corrected chi connectivity index (χ3v) is 3.60. The summed E-state index contributed by atoms with van der Waals surface area (Å²) in [5.41, 5.74) is 1.45. The second-order valence-electron chi connectivity index (χ2n) is 4.35. The van der Waals surface area contributed by atoms with Gasteiger partial charge in [0.2, 0.25) is 0 Å². The summed E-state index contributed by atoms with van der Waals surface area (Å²) in [5, 5.41) is 14.1. The lowest BCUT2D eigenvalue weighted by Gasteiger charge is -2.17. The summed E-state index contributed by atoms with van der Waals surface area (Å²) >= 11 is 6.16. The summed E-state index contributed by atoms with van der Waals surface area (Å²) < 4.78 is 6.96. The Morgan fingerprint density at radius 3 is 2.88 bits per heavy atom. The Morgan fingerprint density at radius 1 is 1.69 bits per heavy atom. The zero-order valence-electron chi connectivity index (χ0n) is 9.46. The zero-order chi connectivity index (χ0) is 11.8. The van der Waals surface area contributed by atoms with Gasteiger partial charge in [-0.05, 0) is 19.8 Å². The van der Waals surface area contributed by atoms with Crippen LogP contribution >= 0.6 is 11.6 Å². The van der Waals surface area contributed by atoms with E-state index < -0.39 is 5.41 Å². The summed E-state index contributed by atoms with van der Waals surface area (Å²) in [4.78, 5) is 0. The summed E-state index contributed by atoms with van der Waals surface area (Å²) in [7, 11) is 1.81. The molecule has 5 heteroatoms. The van der Waals surface area contributed by atoms with Crippen molar-refractivity contribution in [1.29, 1.82) is 5.26 Å². The lowest BCUT2D eigenvalue weighted by molar-refractivity contribution is 0.171. The molecule has 1 aromatic heterocycles. The first-order chi connectivity index (χ1) is 7.58. The molecular formula is C11H14ClN3O. The van der Waals surface area contributed by atoms with Crippen LogP contribution in [-0.2, 0) is 18.2 Å². The predicted octanol–water partition coefficient (Wildman–Crippen LogP) is 1.85. The van der Waals surface area contributed by atoms with Crippen LogP contribution in [0.4, 0.5) is 0 Å². The molecule has 1 aliphatic heterocycles. The maximum absolute atomic E-state index is 9.27. The van der Waals surface area contributed by atoms with Crippen molar-refractivity contribution in [3.63, 3.8) is 0 Å². The SMILES string of the molecule is Cc1nn(C)c(Cl)c1CC1(C#N)CCOC1. The highest BCUT2D eigenvalue weighted by molar-refractivity contribution is 6.30. The topological polar surface area (TPSA) is 50.8 Å². The predicted molar refractivity (Wildman–Crippen MR) is 60.1 cm³/mol. The van der Waals surface area contributed by atoms with Crippen LogP contribution < -0.4 is 0 Å². The van der Waals surface area contributed by atoms with Crippen LogP contribution in [0, 0.1) is 23.7 Å². The molecule has 4 nitrogen and oxygen atoms in total. The van der Waals surface area contributed by atoms with Gasteiger partial charge in [-0.1, -0.05) is 11.6 Å². The van der Waals surface area contributed by atoms with Crippen molar-refractivity contribution in [1.82, 2.24) is 9.78 Å². The number of ether oxygens (including phenoxy) is 1. The summed E-state index contributed by atoms with van der Waals surface area (Å²) in [6, 6.07) is 2.37. The highest BCUT2D eigenvalue weighted by Crippen LogP contribution is 2.34. The smallest absolute Gasteiger partial charge is 0.130 e. The highest BCUT2D eigenvalue weighted by atomic mass is 35.5. The molecule has 16 heavy (non-hydrogen) atoms. The number of halogens is 1. The van der Waals surface area contributed by atoms with Crippen molar-refractivity contribution in [3.8, 4) is 6.07 Å². The lowest BCUT2D eigenvalue weighted by atomic mass is 9.83. The normalized spacial score (nSPS) is 24.6. The van der Waals surface area contributed by atoms with Gasteiger partial charge in [0.25, 0.3) is 0 Å². The second-order valence-corrected chi connectivity index (χ2v) is 4.71. The number of hydrogen-bond acceptors (Lipinski definition) is 3. The van der Waals surface area contributed by atoms with Crippen LogP contribution in [-0.4, -0.2) is 23.0 Å². The Labute approximate surface area is 99.8 Å². The zero-order valence-corrected chi connectivity index (χ0v) is 10.2. The molecule has 86 valence electrons. The summed E-state index contributed by atoms with van der Waals surface area (Å²) in [6.07, 6.45) is 1.40. The minimum atomic E-state index is -0.419. The van der Waals surface area contributed by atoms with E-state index in [2.05, 4.69) is 11.2 Å². The standard InChI is InChI=1S/C11H14ClN3O/c1-8-9(10(12)15(2)14-8)5-11(6-13)3-4-16-7-11/h3-5,7H2,1-2H3. The molecule has 2 rings (SSSR count). The average molecular weight is 240 g/mol. The summed E-state index contributed by atoms with van der Waals surface area (Å²) in [5.74, 6) is 0. The van der Waals surface area contributed by atoms with E-state index in [1.807, 2.05) is 14.0 Å². The van der Waals surface area contributed by atoms with Gasteiger partial charge in [0.1, 0.15) is 5.15 Å². The molecule has 1 atom stereocenters. The van der Waals surface area contributed by atoms with Gasteiger partial charge in [-0.2, -0.15) is 10.4 Å². The van der Waals surface area contributed by atoms with E-state index in [9.17, 15) is 5.26 Å². The maximum Gasteiger partial charge on any atom is 0.130 e. The average Bonchev–Trinajstić information content (AvgIpc) is 2.81. The van der Waals surface area contributed by atoms with Crippen LogP contribution in [0.1, 0.15) is 17.7 Å². The van der Waals surface area contributed by atoms with E-state index in [0.717, 1.165) is 17.7 Å². The molecule has 1 unspecified atom stereocenters. The van der Waals surface area contributed by atoms with Gasteiger partial charge in [-0.3, -0.25) is 4.68 Å². The molecule has 1 fully saturated rings. The van der Waals surface area contributed by atoms with Crippen molar-refractivity contribution in [2.75, 3.05) is 13.2 Å². The number of nitrogens with zero attached hydrogens (tertiary/aromatic N) is 3. The Kier molecular flexibility index (Phi) is 2.92. The lowest BCUT2D eigenvalue weighted by Crippen LogP contribution is -2.22. The van der Waals surface area contributed by atoms with E-state index in [4.69, 9.17) is 16.3 Å². The van der Waals surface area contributed by atoms with E-state index >= 15 is 0 Å². The molecule has 1 aromatic rings. The van der Waals surface area contributed by atoms with Crippen LogP contribution in [0.5, 0.6) is 0 Å². The number of aryl methyl sites for hydroxylation is 2. The molecule has 2 heterocycles. The van der Waals surface area contributed by atoms with E-state index in [1.165, 1.54) is 0 Å². The van der Waals surface area contributed by atoms with Crippen LogP contribution in [0.15, 0.2) is 0 Å². The molecule has 0 N–H and O–H groups in total. The van der Waals surface area contributed by atoms with Crippen LogP contribution in [0.3, 0.4) is 0 Å². The quantitative estimate of drug-likeness (QED) is 0.792. The molecule has 0 saturated carbocycles. The molecule has 0 aliphatic carbocycles. The molecule has 1 saturated heterocycles.